The quantitative estimate of drug-likeness (QED) is 0.151. The van der Waals surface area contributed by atoms with Crippen LogP contribution in [0.25, 0.3) is 10.9 Å². The molecule has 0 spiro atoms. The van der Waals surface area contributed by atoms with E-state index in [1.54, 1.807) is 0 Å². The maximum Gasteiger partial charge on any atom is 0.0737 e. The molecule has 2 N–H and O–H groups in total. The number of hydrogen-bond donors (Lipinski definition) is 2. The van der Waals surface area contributed by atoms with Gasteiger partial charge in [0.05, 0.1) is 5.52 Å². The van der Waals surface area contributed by atoms with E-state index in [2.05, 4.69) is 119 Å². The summed E-state index contributed by atoms with van der Waals surface area (Å²) in [5, 5.41) is 9.36. The topological polar surface area (TPSA) is 40.2 Å². The summed E-state index contributed by atoms with van der Waals surface area (Å²) in [5.41, 5.74) is 7.26. The molecule has 0 amide bonds. The van der Waals surface area contributed by atoms with E-state index in [9.17, 15) is 0 Å². The molecule has 210 valence electrons. The molecule has 0 radical (unpaired) electrons. The van der Waals surface area contributed by atoms with Crippen molar-refractivity contribution in [1.29, 1.82) is 0 Å². The minimum atomic E-state index is 0.217. The van der Waals surface area contributed by atoms with Gasteiger partial charge < -0.3 is 10.6 Å². The van der Waals surface area contributed by atoms with Gasteiger partial charge in [-0.2, -0.15) is 0 Å². The molecule has 0 bridgehead atoms. The summed E-state index contributed by atoms with van der Waals surface area (Å²) in [6.07, 6.45) is 2.84. The monoisotopic (exact) mass is 562 g/mol. The van der Waals surface area contributed by atoms with Crippen LogP contribution in [0.15, 0.2) is 115 Å². The standard InChI is InChI=1S/C36H39ClN4/c1-27-13-15-31(16-14-27)34(39-24-28(2)40-35-19-21-38-36-23-32(37)17-18-33(35)36)20-22-41(25-29-9-5-3-6-10-29)26-30-11-7-4-8-12-30/h3-19,21,23,28,34,39H,20,22,24-26H2,1-2H3,(H,38,40). The number of benzene rings is 4. The summed E-state index contributed by atoms with van der Waals surface area (Å²) < 4.78 is 0. The Kier molecular flexibility index (Phi) is 10.0. The van der Waals surface area contributed by atoms with Gasteiger partial charge in [0.15, 0.2) is 0 Å². The Morgan fingerprint density at radius 2 is 1.46 bits per heavy atom. The molecular formula is C36H39ClN4. The third kappa shape index (κ3) is 8.40. The Bertz CT molecular complexity index is 1460. The highest BCUT2D eigenvalue weighted by molar-refractivity contribution is 6.31. The molecule has 0 saturated heterocycles. The maximum absolute atomic E-state index is 6.20. The van der Waals surface area contributed by atoms with Gasteiger partial charge in [0.25, 0.3) is 0 Å². The smallest absolute Gasteiger partial charge is 0.0737 e. The molecule has 2 atom stereocenters. The minimum Gasteiger partial charge on any atom is -0.381 e. The van der Waals surface area contributed by atoms with Gasteiger partial charge in [-0.25, -0.2) is 0 Å². The number of rotatable bonds is 13. The van der Waals surface area contributed by atoms with Crippen molar-refractivity contribution in [3.63, 3.8) is 0 Å². The molecule has 0 fully saturated rings. The first kappa shape index (κ1) is 28.8. The Morgan fingerprint density at radius 3 is 2.12 bits per heavy atom. The van der Waals surface area contributed by atoms with Crippen LogP contribution in [0.4, 0.5) is 5.69 Å². The van der Waals surface area contributed by atoms with E-state index in [1.807, 2.05) is 30.5 Å². The largest absolute Gasteiger partial charge is 0.381 e. The number of pyridine rings is 1. The van der Waals surface area contributed by atoms with Crippen molar-refractivity contribution >= 4 is 28.2 Å². The van der Waals surface area contributed by atoms with Gasteiger partial charge in [0.1, 0.15) is 0 Å². The lowest BCUT2D eigenvalue weighted by Gasteiger charge is -2.28. The second kappa shape index (κ2) is 14.3. The number of hydrogen-bond acceptors (Lipinski definition) is 4. The molecule has 4 nitrogen and oxygen atoms in total. The van der Waals surface area contributed by atoms with E-state index in [1.165, 1.54) is 22.3 Å². The number of aryl methyl sites for hydroxylation is 1. The summed E-state index contributed by atoms with van der Waals surface area (Å²) in [6.45, 7) is 8.02. The number of anilines is 1. The summed E-state index contributed by atoms with van der Waals surface area (Å²) in [6, 6.07) is 38.9. The predicted octanol–water partition coefficient (Wildman–Crippen LogP) is 8.42. The fourth-order valence-electron chi connectivity index (χ4n) is 5.28. The molecule has 4 aromatic carbocycles. The first-order valence-electron chi connectivity index (χ1n) is 14.4. The van der Waals surface area contributed by atoms with Crippen LogP contribution < -0.4 is 10.6 Å². The van der Waals surface area contributed by atoms with E-state index in [0.29, 0.717) is 5.02 Å². The average molecular weight is 563 g/mol. The van der Waals surface area contributed by atoms with Crippen LogP contribution in [0.1, 0.15) is 41.6 Å². The highest BCUT2D eigenvalue weighted by Gasteiger charge is 2.16. The first-order valence-corrected chi connectivity index (χ1v) is 14.8. The van der Waals surface area contributed by atoms with Gasteiger partial charge in [-0.3, -0.25) is 9.88 Å². The van der Waals surface area contributed by atoms with Crippen molar-refractivity contribution in [2.75, 3.05) is 18.4 Å². The molecule has 1 heterocycles. The van der Waals surface area contributed by atoms with Crippen LogP contribution in [0.2, 0.25) is 5.02 Å². The average Bonchev–Trinajstić information content (AvgIpc) is 2.99. The SMILES string of the molecule is Cc1ccc(C(CCN(Cc2ccccc2)Cc2ccccc2)NCC(C)Nc2ccnc3cc(Cl)ccc23)cc1. The lowest BCUT2D eigenvalue weighted by Crippen LogP contribution is -2.35. The molecule has 2 unspecified atom stereocenters. The third-order valence-electron chi connectivity index (χ3n) is 7.49. The molecule has 0 aliphatic heterocycles. The highest BCUT2D eigenvalue weighted by atomic mass is 35.5. The second-order valence-corrected chi connectivity index (χ2v) is 11.3. The molecule has 0 aliphatic rings. The van der Waals surface area contributed by atoms with Crippen molar-refractivity contribution < 1.29 is 0 Å². The zero-order valence-electron chi connectivity index (χ0n) is 23.9. The van der Waals surface area contributed by atoms with Crippen molar-refractivity contribution in [2.45, 2.75) is 45.4 Å². The van der Waals surface area contributed by atoms with Crippen molar-refractivity contribution in [2.24, 2.45) is 0 Å². The van der Waals surface area contributed by atoms with Crippen LogP contribution in [0, 0.1) is 6.92 Å². The fraction of sp³-hybridized carbons (Fsp3) is 0.250. The van der Waals surface area contributed by atoms with Crippen molar-refractivity contribution in [1.82, 2.24) is 15.2 Å². The Hall–Kier alpha value is -3.70. The third-order valence-corrected chi connectivity index (χ3v) is 7.72. The summed E-state index contributed by atoms with van der Waals surface area (Å²) in [7, 11) is 0. The van der Waals surface area contributed by atoms with Crippen molar-refractivity contribution in [3.05, 3.63) is 143 Å². The van der Waals surface area contributed by atoms with Gasteiger partial charge in [-0.05, 0) is 61.2 Å². The highest BCUT2D eigenvalue weighted by Crippen LogP contribution is 2.25. The lowest BCUT2D eigenvalue weighted by molar-refractivity contribution is 0.240. The van der Waals surface area contributed by atoms with E-state index in [4.69, 9.17) is 11.6 Å². The van der Waals surface area contributed by atoms with Gasteiger partial charge in [-0.1, -0.05) is 102 Å². The predicted molar refractivity (Wildman–Crippen MR) is 173 cm³/mol. The Labute approximate surface area is 249 Å². The number of nitrogens with zero attached hydrogens (tertiary/aromatic N) is 2. The first-order chi connectivity index (χ1) is 20.0. The van der Waals surface area contributed by atoms with Gasteiger partial charge >= 0.3 is 0 Å². The number of nitrogens with one attached hydrogen (secondary N) is 2. The molecule has 0 saturated carbocycles. The number of fused-ring (bicyclic) bond motifs is 1. The minimum absolute atomic E-state index is 0.217. The Balaban J connectivity index is 1.28. The van der Waals surface area contributed by atoms with Crippen molar-refractivity contribution in [3.8, 4) is 0 Å². The molecular weight excluding hydrogens is 524 g/mol. The zero-order chi connectivity index (χ0) is 28.4. The number of aromatic nitrogens is 1. The lowest BCUT2D eigenvalue weighted by atomic mass is 10.0. The van der Waals surface area contributed by atoms with Gasteiger partial charge in [0.2, 0.25) is 0 Å². The fourth-order valence-corrected chi connectivity index (χ4v) is 5.44. The van der Waals surface area contributed by atoms with Crippen LogP contribution in [0.3, 0.4) is 0 Å². The molecule has 5 rings (SSSR count). The molecule has 41 heavy (non-hydrogen) atoms. The van der Waals surface area contributed by atoms with Crippen LogP contribution in [-0.4, -0.2) is 29.0 Å². The van der Waals surface area contributed by atoms with E-state index < -0.39 is 0 Å². The zero-order valence-corrected chi connectivity index (χ0v) is 24.7. The van der Waals surface area contributed by atoms with E-state index in [0.717, 1.165) is 49.2 Å². The van der Waals surface area contributed by atoms with Gasteiger partial charge in [0, 0.05) is 60.6 Å². The summed E-state index contributed by atoms with van der Waals surface area (Å²) in [5.74, 6) is 0. The second-order valence-electron chi connectivity index (χ2n) is 10.9. The molecule has 0 aliphatic carbocycles. The van der Waals surface area contributed by atoms with E-state index in [-0.39, 0.29) is 12.1 Å². The normalized spacial score (nSPS) is 12.9. The Morgan fingerprint density at radius 1 is 0.805 bits per heavy atom. The summed E-state index contributed by atoms with van der Waals surface area (Å²) >= 11 is 6.20. The number of halogens is 1. The summed E-state index contributed by atoms with van der Waals surface area (Å²) in [4.78, 5) is 7.05. The molecule has 5 heteroatoms. The molecule has 1 aromatic heterocycles. The van der Waals surface area contributed by atoms with Crippen LogP contribution >= 0.6 is 11.6 Å². The molecule has 5 aromatic rings. The maximum atomic E-state index is 6.20. The van der Waals surface area contributed by atoms with Crippen LogP contribution in [0.5, 0.6) is 0 Å². The van der Waals surface area contributed by atoms with Gasteiger partial charge in [-0.15, -0.1) is 0 Å². The van der Waals surface area contributed by atoms with E-state index >= 15 is 0 Å². The van der Waals surface area contributed by atoms with Crippen LogP contribution in [-0.2, 0) is 13.1 Å².